The van der Waals surface area contributed by atoms with E-state index in [1.54, 1.807) is 12.1 Å². The first-order valence-electron chi connectivity index (χ1n) is 2.99. The molecule has 0 aliphatic rings. The quantitative estimate of drug-likeness (QED) is 0.579. The first-order valence-corrected chi connectivity index (χ1v) is 2.99. The van der Waals surface area contributed by atoms with Crippen LogP contribution in [0.1, 0.15) is 0 Å². The average Bonchev–Trinajstić information content (AvgIpc) is 1.85. The molecule has 0 heterocycles. The Morgan fingerprint density at radius 3 is 2.64 bits per heavy atom. The molecule has 56 valence electrons. The summed E-state index contributed by atoms with van der Waals surface area (Å²) >= 11 is 0. The Labute approximate surface area is 64.4 Å². The molecule has 0 aliphatic carbocycles. The lowest BCUT2D eigenvalue weighted by Gasteiger charge is -2.03. The largest absolute Gasteiger partial charge is 0.435 e. The molecule has 2 radical (unpaired) electrons. The summed E-state index contributed by atoms with van der Waals surface area (Å²) in [6, 6.07) is 5.90. The van der Waals surface area contributed by atoms with Crippen LogP contribution < -0.4 is 10.2 Å². The van der Waals surface area contributed by atoms with E-state index in [-0.39, 0.29) is 5.75 Å². The van der Waals surface area contributed by atoms with Gasteiger partial charge in [0.2, 0.25) is 0 Å². The summed E-state index contributed by atoms with van der Waals surface area (Å²) in [5, 5.41) is 0. The number of hydrogen-bond donors (Lipinski definition) is 0. The molecule has 11 heavy (non-hydrogen) atoms. The van der Waals surface area contributed by atoms with Crippen LogP contribution in [0.2, 0.25) is 0 Å². The second kappa shape index (κ2) is 3.37. The molecule has 0 aliphatic heterocycles. The predicted molar refractivity (Wildman–Crippen MR) is 38.5 cm³/mol. The van der Waals surface area contributed by atoms with Crippen molar-refractivity contribution in [3.63, 3.8) is 0 Å². The van der Waals surface area contributed by atoms with Gasteiger partial charge in [-0.3, -0.25) is 0 Å². The molecule has 1 aromatic rings. The van der Waals surface area contributed by atoms with Gasteiger partial charge in [0.05, 0.1) is 0 Å². The zero-order chi connectivity index (χ0) is 8.27. The van der Waals surface area contributed by atoms with E-state index in [0.717, 1.165) is 0 Å². The minimum atomic E-state index is -2.79. The van der Waals surface area contributed by atoms with Gasteiger partial charge in [0.1, 0.15) is 13.6 Å². The van der Waals surface area contributed by atoms with E-state index in [1.807, 2.05) is 0 Å². The van der Waals surface area contributed by atoms with Crippen LogP contribution in [-0.2, 0) is 0 Å². The number of ether oxygens (including phenoxy) is 1. The van der Waals surface area contributed by atoms with Gasteiger partial charge in [0.25, 0.3) is 0 Å². The van der Waals surface area contributed by atoms with Crippen LogP contribution in [0, 0.1) is 0 Å². The Morgan fingerprint density at radius 1 is 1.36 bits per heavy atom. The Kier molecular flexibility index (Phi) is 2.46. The number of rotatable bonds is 2. The van der Waals surface area contributed by atoms with Crippen molar-refractivity contribution in [3.8, 4) is 5.75 Å². The first-order chi connectivity index (χ1) is 5.18. The molecule has 0 N–H and O–H groups in total. The highest BCUT2D eigenvalue weighted by Gasteiger charge is 2.02. The van der Waals surface area contributed by atoms with Gasteiger partial charge in [-0.2, -0.15) is 8.78 Å². The van der Waals surface area contributed by atoms with Crippen LogP contribution in [0.15, 0.2) is 24.3 Å². The molecule has 4 heteroatoms. The smallest absolute Gasteiger partial charge is 0.387 e. The van der Waals surface area contributed by atoms with Crippen molar-refractivity contribution in [2.45, 2.75) is 6.61 Å². The van der Waals surface area contributed by atoms with Gasteiger partial charge in [0.15, 0.2) is 0 Å². The highest BCUT2D eigenvalue weighted by Crippen LogP contribution is 2.10. The zero-order valence-electron chi connectivity index (χ0n) is 5.63. The summed E-state index contributed by atoms with van der Waals surface area (Å²) in [6.07, 6.45) is 0. The molecule has 0 atom stereocenters. The SMILES string of the molecule is [B]c1cccc(OC(F)F)c1. The van der Waals surface area contributed by atoms with E-state index in [1.165, 1.54) is 12.1 Å². The van der Waals surface area contributed by atoms with E-state index in [4.69, 9.17) is 7.85 Å². The molecule has 0 fully saturated rings. The fourth-order valence-electron chi connectivity index (χ4n) is 0.691. The second-order valence-electron chi connectivity index (χ2n) is 1.95. The van der Waals surface area contributed by atoms with Gasteiger partial charge >= 0.3 is 6.61 Å². The van der Waals surface area contributed by atoms with Gasteiger partial charge in [-0.1, -0.05) is 17.6 Å². The summed E-state index contributed by atoms with van der Waals surface area (Å²) in [4.78, 5) is 0. The Hall–Kier alpha value is -1.06. The number of benzene rings is 1. The molecule has 1 aromatic carbocycles. The van der Waals surface area contributed by atoms with Crippen LogP contribution in [-0.4, -0.2) is 14.5 Å². The van der Waals surface area contributed by atoms with Crippen LogP contribution in [0.5, 0.6) is 5.75 Å². The number of halogens is 2. The highest BCUT2D eigenvalue weighted by atomic mass is 19.3. The van der Waals surface area contributed by atoms with E-state index in [2.05, 4.69) is 4.74 Å². The predicted octanol–water partition coefficient (Wildman–Crippen LogP) is 1.08. The fraction of sp³-hybridized carbons (Fsp3) is 0.143. The first kappa shape index (κ1) is 8.05. The summed E-state index contributed by atoms with van der Waals surface area (Å²) in [7, 11) is 5.31. The van der Waals surface area contributed by atoms with Crippen LogP contribution in [0.4, 0.5) is 8.78 Å². The minimum Gasteiger partial charge on any atom is -0.435 e. The molecule has 0 amide bonds. The van der Waals surface area contributed by atoms with E-state index in [9.17, 15) is 8.78 Å². The van der Waals surface area contributed by atoms with Crippen molar-refractivity contribution in [1.82, 2.24) is 0 Å². The van der Waals surface area contributed by atoms with Gasteiger partial charge in [-0.15, -0.1) is 0 Å². The third-order valence-electron chi connectivity index (χ3n) is 1.08. The normalized spacial score (nSPS) is 10.1. The van der Waals surface area contributed by atoms with Crippen molar-refractivity contribution >= 4 is 13.3 Å². The molecule has 0 saturated heterocycles. The molecule has 0 spiro atoms. The lowest BCUT2D eigenvalue weighted by atomic mass is 9.96. The van der Waals surface area contributed by atoms with Crippen molar-refractivity contribution < 1.29 is 13.5 Å². The fourth-order valence-corrected chi connectivity index (χ4v) is 0.691. The highest BCUT2D eigenvalue weighted by molar-refractivity contribution is 6.32. The lowest BCUT2D eigenvalue weighted by molar-refractivity contribution is -0.0497. The summed E-state index contributed by atoms with van der Waals surface area (Å²) in [6.45, 7) is -2.79. The van der Waals surface area contributed by atoms with Crippen LogP contribution >= 0.6 is 0 Å². The maximum Gasteiger partial charge on any atom is 0.387 e. The van der Waals surface area contributed by atoms with Crippen molar-refractivity contribution in [2.75, 3.05) is 0 Å². The van der Waals surface area contributed by atoms with Crippen molar-refractivity contribution in [1.29, 1.82) is 0 Å². The van der Waals surface area contributed by atoms with Gasteiger partial charge in [-0.05, 0) is 12.1 Å². The van der Waals surface area contributed by atoms with Crippen LogP contribution in [0.3, 0.4) is 0 Å². The maximum absolute atomic E-state index is 11.6. The van der Waals surface area contributed by atoms with Crippen molar-refractivity contribution in [3.05, 3.63) is 24.3 Å². The maximum atomic E-state index is 11.6. The molecule has 0 saturated carbocycles. The molecular weight excluding hydrogens is 149 g/mol. The summed E-state index contributed by atoms with van der Waals surface area (Å²) in [5.74, 6) is 0.0833. The Morgan fingerprint density at radius 2 is 2.09 bits per heavy atom. The van der Waals surface area contributed by atoms with Gasteiger partial charge in [0, 0.05) is 0 Å². The van der Waals surface area contributed by atoms with Crippen LogP contribution in [0.25, 0.3) is 0 Å². The third-order valence-corrected chi connectivity index (χ3v) is 1.08. The Balaban J connectivity index is 2.71. The zero-order valence-corrected chi connectivity index (χ0v) is 5.63. The van der Waals surface area contributed by atoms with Gasteiger partial charge < -0.3 is 4.74 Å². The number of hydrogen-bond acceptors (Lipinski definition) is 1. The average molecular weight is 154 g/mol. The summed E-state index contributed by atoms with van der Waals surface area (Å²) in [5.41, 5.74) is 0.406. The number of alkyl halides is 2. The molecule has 1 rings (SSSR count). The monoisotopic (exact) mass is 154 g/mol. The van der Waals surface area contributed by atoms with E-state index < -0.39 is 6.61 Å². The minimum absolute atomic E-state index is 0.0833. The van der Waals surface area contributed by atoms with Crippen molar-refractivity contribution in [2.24, 2.45) is 0 Å². The van der Waals surface area contributed by atoms with E-state index in [0.29, 0.717) is 5.46 Å². The topological polar surface area (TPSA) is 9.23 Å². The molecular formula is C7H5BF2O. The standard InChI is InChI=1S/C7H5BF2O/c8-5-2-1-3-6(4-5)11-7(9)10/h1-4,7H. The molecule has 0 bridgehead atoms. The second-order valence-corrected chi connectivity index (χ2v) is 1.95. The molecule has 0 aromatic heterocycles. The third kappa shape index (κ3) is 2.57. The van der Waals surface area contributed by atoms with Gasteiger partial charge in [-0.25, -0.2) is 0 Å². The van der Waals surface area contributed by atoms with E-state index >= 15 is 0 Å². The molecule has 0 unspecified atom stereocenters. The molecule has 1 nitrogen and oxygen atoms in total. The summed E-state index contributed by atoms with van der Waals surface area (Å²) < 4.78 is 27.3. The lowest BCUT2D eigenvalue weighted by Crippen LogP contribution is -2.06. The Bertz CT molecular complexity index is 240.